The van der Waals surface area contributed by atoms with E-state index < -0.39 is 0 Å². The van der Waals surface area contributed by atoms with Crippen molar-refractivity contribution in [2.75, 3.05) is 26.1 Å². The number of halogens is 2. The molecule has 0 bridgehead atoms. The van der Waals surface area contributed by atoms with Crippen molar-refractivity contribution in [1.29, 1.82) is 0 Å². The molecule has 0 amide bonds. The SMILES string of the molecule is CNc1nc(Oc2ccc(CCOC)cc2)c(Cl)cc1Cl. The maximum atomic E-state index is 6.09. The smallest absolute Gasteiger partial charge is 0.240 e. The van der Waals surface area contributed by atoms with Crippen LogP contribution in [-0.2, 0) is 11.2 Å². The molecule has 0 radical (unpaired) electrons. The summed E-state index contributed by atoms with van der Waals surface area (Å²) < 4.78 is 10.7. The van der Waals surface area contributed by atoms with Gasteiger partial charge < -0.3 is 14.8 Å². The first-order valence-electron chi connectivity index (χ1n) is 6.43. The summed E-state index contributed by atoms with van der Waals surface area (Å²) in [5, 5.41) is 3.70. The van der Waals surface area contributed by atoms with Crippen LogP contribution in [0.25, 0.3) is 0 Å². The van der Waals surface area contributed by atoms with Crippen LogP contribution in [0.5, 0.6) is 11.6 Å². The third kappa shape index (κ3) is 4.24. The number of benzene rings is 1. The molecule has 1 aromatic carbocycles. The zero-order valence-electron chi connectivity index (χ0n) is 11.8. The number of pyridine rings is 1. The Balaban J connectivity index is 2.14. The number of anilines is 1. The highest BCUT2D eigenvalue weighted by Crippen LogP contribution is 2.33. The van der Waals surface area contributed by atoms with Crippen molar-refractivity contribution in [2.45, 2.75) is 6.42 Å². The van der Waals surface area contributed by atoms with Gasteiger partial charge in [-0.2, -0.15) is 4.98 Å². The molecule has 0 saturated heterocycles. The lowest BCUT2D eigenvalue weighted by Gasteiger charge is -2.10. The first kappa shape index (κ1) is 15.9. The van der Waals surface area contributed by atoms with Gasteiger partial charge in [0.1, 0.15) is 16.6 Å². The number of nitrogens with zero attached hydrogens (tertiary/aromatic N) is 1. The Morgan fingerprint density at radius 2 is 1.86 bits per heavy atom. The molecule has 0 fully saturated rings. The number of ether oxygens (including phenoxy) is 2. The topological polar surface area (TPSA) is 43.4 Å². The van der Waals surface area contributed by atoms with Gasteiger partial charge in [0.25, 0.3) is 0 Å². The van der Waals surface area contributed by atoms with Gasteiger partial charge in [-0.3, -0.25) is 0 Å². The fraction of sp³-hybridized carbons (Fsp3) is 0.267. The van der Waals surface area contributed by atoms with Crippen LogP contribution in [0.15, 0.2) is 30.3 Å². The Hall–Kier alpha value is -1.49. The lowest BCUT2D eigenvalue weighted by Crippen LogP contribution is -1.97. The fourth-order valence-electron chi connectivity index (χ4n) is 1.75. The average molecular weight is 327 g/mol. The Labute approximate surface area is 134 Å². The Morgan fingerprint density at radius 3 is 2.48 bits per heavy atom. The van der Waals surface area contributed by atoms with E-state index in [4.69, 9.17) is 32.7 Å². The summed E-state index contributed by atoms with van der Waals surface area (Å²) in [5.41, 5.74) is 1.18. The van der Waals surface area contributed by atoms with E-state index in [1.54, 1.807) is 20.2 Å². The van der Waals surface area contributed by atoms with Crippen molar-refractivity contribution in [2.24, 2.45) is 0 Å². The molecule has 112 valence electrons. The summed E-state index contributed by atoms with van der Waals surface area (Å²) in [5.74, 6) is 1.50. The van der Waals surface area contributed by atoms with Crippen LogP contribution in [-0.4, -0.2) is 25.7 Å². The van der Waals surface area contributed by atoms with Gasteiger partial charge in [-0.25, -0.2) is 0 Å². The zero-order valence-corrected chi connectivity index (χ0v) is 13.3. The van der Waals surface area contributed by atoms with Gasteiger partial charge in [0, 0.05) is 14.2 Å². The number of aromatic nitrogens is 1. The quantitative estimate of drug-likeness (QED) is 0.853. The van der Waals surface area contributed by atoms with E-state index in [0.717, 1.165) is 6.42 Å². The highest BCUT2D eigenvalue weighted by Gasteiger charge is 2.10. The Bertz CT molecular complexity index is 603. The number of hydrogen-bond acceptors (Lipinski definition) is 4. The minimum atomic E-state index is 0.315. The fourth-order valence-corrected chi connectivity index (χ4v) is 2.24. The second kappa shape index (κ2) is 7.50. The monoisotopic (exact) mass is 326 g/mol. The molecular formula is C15H16Cl2N2O2. The lowest BCUT2D eigenvalue weighted by molar-refractivity contribution is 0.202. The van der Waals surface area contributed by atoms with E-state index in [9.17, 15) is 0 Å². The molecule has 6 heteroatoms. The number of nitrogens with one attached hydrogen (secondary N) is 1. The predicted molar refractivity (Wildman–Crippen MR) is 85.9 cm³/mol. The van der Waals surface area contributed by atoms with E-state index in [1.807, 2.05) is 24.3 Å². The summed E-state index contributed by atoms with van der Waals surface area (Å²) in [6, 6.07) is 9.31. The maximum Gasteiger partial charge on any atom is 0.240 e. The van der Waals surface area contributed by atoms with Gasteiger partial charge in [0.2, 0.25) is 5.88 Å². The van der Waals surface area contributed by atoms with Crippen LogP contribution in [0, 0.1) is 0 Å². The minimum Gasteiger partial charge on any atom is -0.437 e. The molecule has 1 N–H and O–H groups in total. The van der Waals surface area contributed by atoms with Crippen LogP contribution in [0.1, 0.15) is 5.56 Å². The molecule has 1 aromatic heterocycles. The molecule has 0 aliphatic heterocycles. The van der Waals surface area contributed by atoms with Gasteiger partial charge in [-0.05, 0) is 30.2 Å². The molecule has 0 unspecified atom stereocenters. The van der Waals surface area contributed by atoms with Crippen LogP contribution in [0.4, 0.5) is 5.82 Å². The van der Waals surface area contributed by atoms with Gasteiger partial charge in [-0.15, -0.1) is 0 Å². The van der Waals surface area contributed by atoms with Gasteiger partial charge in [0.05, 0.1) is 11.6 Å². The molecule has 0 aliphatic carbocycles. The molecule has 2 rings (SSSR count). The van der Waals surface area contributed by atoms with E-state index in [-0.39, 0.29) is 0 Å². The molecule has 0 aliphatic rings. The Morgan fingerprint density at radius 1 is 1.14 bits per heavy atom. The molecule has 2 aromatic rings. The summed E-state index contributed by atoms with van der Waals surface area (Å²) in [6.07, 6.45) is 0.862. The third-order valence-corrected chi connectivity index (χ3v) is 3.43. The summed E-state index contributed by atoms with van der Waals surface area (Å²) in [7, 11) is 3.42. The zero-order chi connectivity index (χ0) is 15.2. The normalized spacial score (nSPS) is 10.5. The molecule has 0 saturated carbocycles. The second-order valence-electron chi connectivity index (χ2n) is 4.34. The van der Waals surface area contributed by atoms with Crippen LogP contribution < -0.4 is 10.1 Å². The van der Waals surface area contributed by atoms with Gasteiger partial charge >= 0.3 is 0 Å². The van der Waals surface area contributed by atoms with Gasteiger partial charge in [-0.1, -0.05) is 35.3 Å². The number of methoxy groups -OCH3 is 1. The molecule has 21 heavy (non-hydrogen) atoms. The number of hydrogen-bond donors (Lipinski definition) is 1. The molecular weight excluding hydrogens is 311 g/mol. The standard InChI is InChI=1S/C15H16Cl2N2O2/c1-18-14-12(16)9-13(17)15(19-14)21-11-5-3-10(4-6-11)7-8-20-2/h3-6,9H,7-8H2,1-2H3,(H,18,19). The third-order valence-electron chi connectivity index (χ3n) is 2.87. The molecule has 0 spiro atoms. The molecule has 0 atom stereocenters. The van der Waals surface area contributed by atoms with Crippen molar-refractivity contribution in [3.63, 3.8) is 0 Å². The van der Waals surface area contributed by atoms with Crippen molar-refractivity contribution < 1.29 is 9.47 Å². The van der Waals surface area contributed by atoms with Crippen molar-refractivity contribution in [3.05, 3.63) is 45.9 Å². The summed E-state index contributed by atoms with van der Waals surface area (Å²) in [4.78, 5) is 4.24. The maximum absolute atomic E-state index is 6.09. The van der Waals surface area contributed by atoms with Crippen molar-refractivity contribution in [1.82, 2.24) is 4.98 Å². The summed E-state index contributed by atoms with van der Waals surface area (Å²) >= 11 is 12.1. The first-order chi connectivity index (χ1) is 10.1. The molecule has 4 nitrogen and oxygen atoms in total. The van der Waals surface area contributed by atoms with Crippen LogP contribution in [0.3, 0.4) is 0 Å². The minimum absolute atomic E-state index is 0.315. The second-order valence-corrected chi connectivity index (χ2v) is 5.16. The van der Waals surface area contributed by atoms with Gasteiger partial charge in [0.15, 0.2) is 0 Å². The summed E-state index contributed by atoms with van der Waals surface area (Å²) in [6.45, 7) is 0.691. The largest absolute Gasteiger partial charge is 0.437 e. The predicted octanol–water partition coefficient (Wildman–Crippen LogP) is 4.41. The Kier molecular flexibility index (Phi) is 5.67. The number of rotatable bonds is 6. The van der Waals surface area contributed by atoms with E-state index >= 15 is 0 Å². The lowest BCUT2D eigenvalue weighted by atomic mass is 10.1. The van der Waals surface area contributed by atoms with Crippen LogP contribution in [0.2, 0.25) is 10.0 Å². The van der Waals surface area contributed by atoms with Crippen molar-refractivity contribution in [3.8, 4) is 11.6 Å². The molecule has 1 heterocycles. The van der Waals surface area contributed by atoms with Crippen LogP contribution >= 0.6 is 23.2 Å². The van der Waals surface area contributed by atoms with Crippen molar-refractivity contribution >= 4 is 29.0 Å². The van der Waals surface area contributed by atoms with E-state index in [1.165, 1.54) is 5.56 Å². The van der Waals surface area contributed by atoms with E-state index in [0.29, 0.717) is 34.1 Å². The van der Waals surface area contributed by atoms with E-state index in [2.05, 4.69) is 10.3 Å². The first-order valence-corrected chi connectivity index (χ1v) is 7.19. The average Bonchev–Trinajstić information content (AvgIpc) is 2.49. The highest BCUT2D eigenvalue weighted by atomic mass is 35.5. The highest BCUT2D eigenvalue weighted by molar-refractivity contribution is 6.36.